The first-order chi connectivity index (χ1) is 12.2. The number of carbonyl (C=O) groups is 2. The molecule has 0 radical (unpaired) electrons. The van der Waals surface area contributed by atoms with E-state index in [9.17, 15) is 14.0 Å². The van der Waals surface area contributed by atoms with Crippen molar-refractivity contribution in [1.82, 2.24) is 10.6 Å². The highest BCUT2D eigenvalue weighted by Crippen LogP contribution is 2.24. The Morgan fingerprint density at radius 3 is 2.92 bits per heavy atom. The quantitative estimate of drug-likeness (QED) is 0.568. The molecule has 1 aromatic carbocycles. The van der Waals surface area contributed by atoms with Crippen molar-refractivity contribution in [2.75, 3.05) is 44.8 Å². The fourth-order valence-corrected chi connectivity index (χ4v) is 2.68. The van der Waals surface area contributed by atoms with Crippen LogP contribution in [0.2, 0.25) is 0 Å². The van der Waals surface area contributed by atoms with E-state index in [0.717, 1.165) is 19.5 Å². The van der Waals surface area contributed by atoms with Crippen LogP contribution in [0.25, 0.3) is 0 Å². The minimum absolute atomic E-state index is 0.174. The minimum Gasteiger partial charge on any atom is -0.490 e. The summed E-state index contributed by atoms with van der Waals surface area (Å²) >= 11 is 0. The lowest BCUT2D eigenvalue weighted by Crippen LogP contribution is -2.38. The van der Waals surface area contributed by atoms with E-state index in [1.165, 1.54) is 24.1 Å². The number of nitrogens with zero attached hydrogens (tertiary/aromatic N) is 1. The van der Waals surface area contributed by atoms with E-state index in [-0.39, 0.29) is 18.8 Å². The highest BCUT2D eigenvalue weighted by molar-refractivity contribution is 5.75. The van der Waals surface area contributed by atoms with E-state index < -0.39 is 11.9 Å². The van der Waals surface area contributed by atoms with Crippen molar-refractivity contribution in [2.24, 2.45) is 5.92 Å². The number of carbonyl (C=O) groups excluding carboxylic acids is 2. The van der Waals surface area contributed by atoms with E-state index in [1.807, 2.05) is 0 Å². The third kappa shape index (κ3) is 5.68. The first kappa shape index (κ1) is 19.1. The van der Waals surface area contributed by atoms with Crippen LogP contribution in [0.1, 0.15) is 6.42 Å². The van der Waals surface area contributed by atoms with Gasteiger partial charge >= 0.3 is 0 Å². The van der Waals surface area contributed by atoms with E-state index >= 15 is 0 Å². The van der Waals surface area contributed by atoms with Crippen LogP contribution in [0.15, 0.2) is 18.2 Å². The van der Waals surface area contributed by atoms with Crippen LogP contribution in [0.4, 0.5) is 10.1 Å². The van der Waals surface area contributed by atoms with E-state index in [0.29, 0.717) is 31.0 Å². The van der Waals surface area contributed by atoms with Gasteiger partial charge in [0.25, 0.3) is 0 Å². The highest BCUT2D eigenvalue weighted by atomic mass is 19.1. The molecule has 1 saturated heterocycles. The lowest BCUT2D eigenvalue weighted by molar-refractivity contribution is -0.110. The third-order valence-electron chi connectivity index (χ3n) is 4.17. The first-order valence-electron chi connectivity index (χ1n) is 8.22. The molecule has 8 heteroatoms. The highest BCUT2D eigenvalue weighted by Gasteiger charge is 2.18. The maximum absolute atomic E-state index is 14.3. The van der Waals surface area contributed by atoms with Gasteiger partial charge in [-0.2, -0.15) is 0 Å². The number of methoxy groups -OCH3 is 1. The molecule has 0 aliphatic carbocycles. The molecule has 1 fully saturated rings. The third-order valence-corrected chi connectivity index (χ3v) is 4.17. The van der Waals surface area contributed by atoms with E-state index in [4.69, 9.17) is 9.47 Å². The molecule has 2 atom stereocenters. The van der Waals surface area contributed by atoms with Crippen LogP contribution in [-0.4, -0.2) is 58.8 Å². The lowest BCUT2D eigenvalue weighted by atomic mass is 10.1. The molecule has 1 heterocycles. The smallest absolute Gasteiger partial charge is 0.214 e. The van der Waals surface area contributed by atoms with Gasteiger partial charge in [0.05, 0.1) is 19.3 Å². The van der Waals surface area contributed by atoms with Crippen molar-refractivity contribution < 1.29 is 23.5 Å². The Kier molecular flexibility index (Phi) is 7.62. The van der Waals surface area contributed by atoms with E-state index in [1.54, 1.807) is 6.07 Å². The summed E-state index contributed by atoms with van der Waals surface area (Å²) < 4.78 is 25.0. The van der Waals surface area contributed by atoms with Crippen molar-refractivity contribution >= 4 is 18.5 Å². The van der Waals surface area contributed by atoms with Crippen LogP contribution < -0.4 is 20.3 Å². The average molecular weight is 353 g/mol. The zero-order valence-corrected chi connectivity index (χ0v) is 14.2. The molecule has 2 N–H and O–H groups in total. The zero-order chi connectivity index (χ0) is 18.1. The van der Waals surface area contributed by atoms with Crippen molar-refractivity contribution in [2.45, 2.75) is 12.5 Å². The summed E-state index contributed by atoms with van der Waals surface area (Å²) in [5.41, 5.74) is 0.399. The van der Waals surface area contributed by atoms with E-state index in [2.05, 4.69) is 10.6 Å². The Morgan fingerprint density at radius 1 is 1.48 bits per heavy atom. The number of amides is 2. The number of hydrogen-bond acceptors (Lipinski definition) is 5. The van der Waals surface area contributed by atoms with Gasteiger partial charge < -0.3 is 25.0 Å². The van der Waals surface area contributed by atoms with Gasteiger partial charge in [-0.15, -0.1) is 0 Å². The van der Waals surface area contributed by atoms with Crippen molar-refractivity contribution in [1.29, 1.82) is 0 Å². The summed E-state index contributed by atoms with van der Waals surface area (Å²) in [6.45, 7) is 2.75. The van der Waals surface area contributed by atoms with Gasteiger partial charge in [0.15, 0.2) is 11.6 Å². The maximum atomic E-state index is 14.3. The number of hydrogen-bond donors (Lipinski definition) is 2. The molecular weight excluding hydrogens is 329 g/mol. The number of rotatable bonds is 11. The summed E-state index contributed by atoms with van der Waals surface area (Å²) in [6, 6.07) is 4.41. The summed E-state index contributed by atoms with van der Waals surface area (Å²) in [5.74, 6) is 0.0426. The van der Waals surface area contributed by atoms with Crippen LogP contribution >= 0.6 is 0 Å². The molecular formula is C17H24FN3O4. The predicted octanol–water partition coefficient (Wildman–Crippen LogP) is 0.538. The molecule has 0 bridgehead atoms. The van der Waals surface area contributed by atoms with Crippen LogP contribution in [-0.2, 0) is 14.3 Å². The van der Waals surface area contributed by atoms with Crippen LogP contribution in [0.3, 0.4) is 0 Å². The summed E-state index contributed by atoms with van der Waals surface area (Å²) in [4.78, 5) is 23.0. The number of halogens is 1. The lowest BCUT2D eigenvalue weighted by Gasteiger charge is -2.23. The minimum atomic E-state index is -0.518. The molecule has 138 valence electrons. The van der Waals surface area contributed by atoms with Gasteiger partial charge in [-0.1, -0.05) is 0 Å². The fraction of sp³-hybridized carbons (Fsp3) is 0.529. The number of ether oxygens (including phenoxy) is 2. The monoisotopic (exact) mass is 353 g/mol. The Labute approximate surface area is 146 Å². The fourth-order valence-electron chi connectivity index (χ4n) is 2.68. The Balaban J connectivity index is 1.97. The van der Waals surface area contributed by atoms with Crippen molar-refractivity contribution in [3.05, 3.63) is 24.0 Å². The molecule has 1 aliphatic heterocycles. The number of nitrogens with one attached hydrogen (secondary N) is 2. The molecule has 0 spiro atoms. The summed E-state index contributed by atoms with van der Waals surface area (Å²) in [5, 5.41) is 5.73. The standard InChI is InChI=1S/C17H24FN3O4/c1-24-15(8-20-11-22)9-21(12-23)14-2-3-17(16(18)6-14)25-10-13-4-5-19-7-13/h2-3,6,11-13,15,19H,4-5,7-10H2,1H3,(H,20,22)/t13-,15-/m0/s1. The Hall–Kier alpha value is -2.19. The molecule has 1 aromatic rings. The molecule has 0 aromatic heterocycles. The zero-order valence-electron chi connectivity index (χ0n) is 14.2. The molecule has 1 aliphatic rings. The van der Waals surface area contributed by atoms with Gasteiger partial charge in [0.1, 0.15) is 0 Å². The summed E-state index contributed by atoms with van der Waals surface area (Å²) in [7, 11) is 1.48. The molecule has 0 unspecified atom stereocenters. The normalized spacial score (nSPS) is 17.8. The predicted molar refractivity (Wildman–Crippen MR) is 91.1 cm³/mol. The average Bonchev–Trinajstić information content (AvgIpc) is 3.14. The van der Waals surface area contributed by atoms with Gasteiger partial charge in [-0.3, -0.25) is 9.59 Å². The Bertz CT molecular complexity index is 567. The number of benzene rings is 1. The largest absolute Gasteiger partial charge is 0.490 e. The topological polar surface area (TPSA) is 79.9 Å². The van der Waals surface area contributed by atoms with Gasteiger partial charge in [0, 0.05) is 37.9 Å². The number of anilines is 1. The second-order valence-corrected chi connectivity index (χ2v) is 5.93. The van der Waals surface area contributed by atoms with Gasteiger partial charge in [-0.05, 0) is 25.1 Å². The second-order valence-electron chi connectivity index (χ2n) is 5.93. The molecule has 25 heavy (non-hydrogen) atoms. The molecule has 2 amide bonds. The van der Waals surface area contributed by atoms with Gasteiger partial charge in [0.2, 0.25) is 12.8 Å². The van der Waals surface area contributed by atoms with Crippen molar-refractivity contribution in [3.8, 4) is 5.75 Å². The summed E-state index contributed by atoms with van der Waals surface area (Å²) in [6.07, 6.45) is 1.78. The Morgan fingerprint density at radius 2 is 2.32 bits per heavy atom. The molecule has 2 rings (SSSR count). The molecule has 7 nitrogen and oxygen atoms in total. The van der Waals surface area contributed by atoms with Gasteiger partial charge in [-0.25, -0.2) is 4.39 Å². The second kappa shape index (κ2) is 9.95. The SMILES string of the molecule is CO[C@@H](CNC=O)CN(C=O)c1ccc(OC[C@H]2CCNC2)c(F)c1. The van der Waals surface area contributed by atoms with Crippen molar-refractivity contribution in [3.63, 3.8) is 0 Å². The van der Waals surface area contributed by atoms with Crippen LogP contribution in [0.5, 0.6) is 5.75 Å². The molecule has 0 saturated carbocycles. The maximum Gasteiger partial charge on any atom is 0.214 e. The van der Waals surface area contributed by atoms with Crippen LogP contribution in [0, 0.1) is 11.7 Å². The first-order valence-corrected chi connectivity index (χ1v) is 8.22.